The maximum Gasteiger partial charge on any atom is 0.243 e. The van der Waals surface area contributed by atoms with Crippen LogP contribution in [0.5, 0.6) is 0 Å². The molecule has 1 saturated heterocycles. The first-order chi connectivity index (χ1) is 25.7. The van der Waals surface area contributed by atoms with Crippen molar-refractivity contribution in [1.82, 2.24) is 15.7 Å². The van der Waals surface area contributed by atoms with Gasteiger partial charge in [-0.2, -0.15) is 0 Å². The summed E-state index contributed by atoms with van der Waals surface area (Å²) in [5.41, 5.74) is 8.25. The Hall–Kier alpha value is -4.42. The Morgan fingerprint density at radius 2 is 1.47 bits per heavy atom. The fraction of sp³-hybridized carbons (Fsp3) is 0.395. The van der Waals surface area contributed by atoms with Gasteiger partial charge in [-0.25, -0.2) is 5.48 Å². The van der Waals surface area contributed by atoms with Gasteiger partial charge in [-0.05, 0) is 72.3 Å². The van der Waals surface area contributed by atoms with Gasteiger partial charge in [0.15, 0.2) is 6.29 Å². The number of nitrogens with zero attached hydrogens (tertiary/aromatic N) is 1. The lowest BCUT2D eigenvalue weighted by atomic mass is 9.97. The maximum atomic E-state index is 12.5. The molecule has 5 rings (SSSR count). The first kappa shape index (κ1) is 39.8. The van der Waals surface area contributed by atoms with Crippen LogP contribution in [-0.4, -0.2) is 57.9 Å². The number of carbonyl (C=O) groups excluding carboxylic acids is 2. The second-order valence-electron chi connectivity index (χ2n) is 13.9. The fourth-order valence-corrected chi connectivity index (χ4v) is 6.69. The van der Waals surface area contributed by atoms with Crippen LogP contribution in [0.3, 0.4) is 0 Å². The van der Waals surface area contributed by atoms with Crippen molar-refractivity contribution in [2.75, 3.05) is 13.6 Å². The van der Waals surface area contributed by atoms with Crippen LogP contribution in [0.2, 0.25) is 0 Å². The zero-order valence-electron chi connectivity index (χ0n) is 30.7. The normalized spacial score (nSPS) is 18.3. The van der Waals surface area contributed by atoms with E-state index < -0.39 is 12.4 Å². The maximum absolute atomic E-state index is 12.5. The van der Waals surface area contributed by atoms with Crippen LogP contribution in [-0.2, 0) is 32.2 Å². The van der Waals surface area contributed by atoms with Gasteiger partial charge in [-0.15, -0.1) is 0 Å². The average Bonchev–Trinajstić information content (AvgIpc) is 3.21. The summed E-state index contributed by atoms with van der Waals surface area (Å²) < 4.78 is 13.3. The van der Waals surface area contributed by atoms with E-state index in [9.17, 15) is 19.8 Å². The highest BCUT2D eigenvalue weighted by atomic mass is 16.7. The van der Waals surface area contributed by atoms with E-state index in [0.717, 1.165) is 58.2 Å². The highest BCUT2D eigenvalue weighted by Crippen LogP contribution is 2.39. The van der Waals surface area contributed by atoms with Crippen molar-refractivity contribution in [1.29, 1.82) is 0 Å². The molecule has 1 fully saturated rings. The average molecular weight is 724 g/mol. The number of benzene rings is 4. The molecule has 0 bridgehead atoms. The molecule has 1 heterocycles. The Morgan fingerprint density at radius 3 is 2.17 bits per heavy atom. The molecular weight excluding hydrogens is 670 g/mol. The minimum Gasteiger partial charge on any atom is -0.392 e. The van der Waals surface area contributed by atoms with Crippen LogP contribution >= 0.6 is 0 Å². The number of amides is 2. The molecule has 282 valence electrons. The van der Waals surface area contributed by atoms with Gasteiger partial charge in [0.25, 0.3) is 0 Å². The van der Waals surface area contributed by atoms with Crippen molar-refractivity contribution < 1.29 is 34.5 Å². The Balaban J connectivity index is 1.24. The molecule has 0 saturated carbocycles. The second kappa shape index (κ2) is 20.1. The molecule has 10 heteroatoms. The van der Waals surface area contributed by atoms with E-state index in [-0.39, 0.29) is 43.1 Å². The molecule has 5 atom stereocenters. The smallest absolute Gasteiger partial charge is 0.243 e. The monoisotopic (exact) mass is 723 g/mol. The number of aliphatic hydroxyl groups excluding tert-OH is 2. The number of likely N-dealkylation sites (N-methyl/N-ethyl adjacent to an activating group) is 1. The van der Waals surface area contributed by atoms with Crippen LogP contribution in [0.1, 0.15) is 98.2 Å². The summed E-state index contributed by atoms with van der Waals surface area (Å²) in [5, 5.41) is 32.3. The molecule has 1 aliphatic heterocycles. The van der Waals surface area contributed by atoms with Crippen LogP contribution < -0.4 is 10.8 Å². The highest BCUT2D eigenvalue weighted by molar-refractivity contribution is 5.76. The molecule has 0 radical (unpaired) electrons. The van der Waals surface area contributed by atoms with Gasteiger partial charge in [0.05, 0.1) is 24.9 Å². The molecule has 0 spiro atoms. The Kier molecular flexibility index (Phi) is 15.1. The standard InChI is InChI=1S/C43H53N3O7/c1-30(42(50)34-13-6-5-7-14-34)46(2)28-38-26-39(33-22-20-31(29-47)21-23-33)53-43(52-38)37-17-11-16-36(25-37)35-15-10-12-32(24-35)27-44-40(48)18-8-3-4-9-19-41(49)45-51/h5-7,10-17,20-25,30,38-39,42-43,47,50-51H,3-4,8-9,18-19,26-29H2,1-2H3,(H,44,48)(H,45,49)/t30-,38+,39-,42-,43-/m0/s1. The number of carbonyl (C=O) groups is 2. The third kappa shape index (κ3) is 11.8. The van der Waals surface area contributed by atoms with E-state index in [1.54, 1.807) is 5.48 Å². The van der Waals surface area contributed by atoms with Gasteiger partial charge in [-0.1, -0.05) is 104 Å². The van der Waals surface area contributed by atoms with Gasteiger partial charge in [0.1, 0.15) is 0 Å². The number of unbranched alkanes of at least 4 members (excludes halogenated alkanes) is 3. The molecule has 10 nitrogen and oxygen atoms in total. The molecular formula is C43H53N3O7. The quantitative estimate of drug-likeness (QED) is 0.0424. The van der Waals surface area contributed by atoms with E-state index in [1.165, 1.54) is 0 Å². The van der Waals surface area contributed by atoms with Gasteiger partial charge in [0.2, 0.25) is 11.8 Å². The molecule has 5 N–H and O–H groups in total. The fourth-order valence-electron chi connectivity index (χ4n) is 6.69. The number of aliphatic hydroxyl groups is 2. The van der Waals surface area contributed by atoms with Crippen LogP contribution in [0.4, 0.5) is 0 Å². The zero-order valence-corrected chi connectivity index (χ0v) is 30.7. The molecule has 53 heavy (non-hydrogen) atoms. The Morgan fingerprint density at radius 1 is 0.792 bits per heavy atom. The van der Waals surface area contributed by atoms with Crippen LogP contribution in [0.25, 0.3) is 11.1 Å². The molecule has 1 aliphatic rings. The van der Waals surface area contributed by atoms with Crippen LogP contribution in [0, 0.1) is 0 Å². The zero-order chi connectivity index (χ0) is 37.6. The van der Waals surface area contributed by atoms with Gasteiger partial charge < -0.3 is 25.0 Å². The topological polar surface area (TPSA) is 141 Å². The minimum atomic E-state index is -0.648. The lowest BCUT2D eigenvalue weighted by molar-refractivity contribution is -0.253. The molecule has 0 aliphatic carbocycles. The lowest BCUT2D eigenvalue weighted by Crippen LogP contribution is -2.43. The summed E-state index contributed by atoms with van der Waals surface area (Å²) in [6.07, 6.45) is 2.72. The van der Waals surface area contributed by atoms with Crippen molar-refractivity contribution >= 4 is 11.8 Å². The van der Waals surface area contributed by atoms with Crippen LogP contribution in [0.15, 0.2) is 103 Å². The molecule has 4 aromatic rings. The van der Waals surface area contributed by atoms with E-state index in [4.69, 9.17) is 14.7 Å². The lowest BCUT2D eigenvalue weighted by Gasteiger charge is -2.39. The Bertz CT molecular complexity index is 1740. The summed E-state index contributed by atoms with van der Waals surface area (Å²) in [6.45, 7) is 3.01. The van der Waals surface area contributed by atoms with Crippen molar-refractivity contribution in [2.24, 2.45) is 0 Å². The Labute approximate surface area is 312 Å². The first-order valence-electron chi connectivity index (χ1n) is 18.6. The summed E-state index contributed by atoms with van der Waals surface area (Å²) >= 11 is 0. The third-order valence-electron chi connectivity index (χ3n) is 9.99. The highest BCUT2D eigenvalue weighted by Gasteiger charge is 2.34. The number of hydroxylamine groups is 1. The van der Waals surface area contributed by atoms with E-state index in [1.807, 2.05) is 98.9 Å². The predicted molar refractivity (Wildman–Crippen MR) is 203 cm³/mol. The van der Waals surface area contributed by atoms with Crippen molar-refractivity contribution in [2.45, 2.75) is 95.7 Å². The number of nitrogens with one attached hydrogen (secondary N) is 2. The molecule has 4 aromatic carbocycles. The summed E-state index contributed by atoms with van der Waals surface area (Å²) in [5.74, 6) is -0.399. The minimum absolute atomic E-state index is 0.0122. The van der Waals surface area contributed by atoms with Gasteiger partial charge in [-0.3, -0.25) is 19.7 Å². The number of hydrogen-bond donors (Lipinski definition) is 5. The number of ether oxygens (including phenoxy) is 2. The summed E-state index contributed by atoms with van der Waals surface area (Å²) in [7, 11) is 2.01. The van der Waals surface area contributed by atoms with Crippen molar-refractivity contribution in [3.05, 3.63) is 131 Å². The second-order valence-corrected chi connectivity index (χ2v) is 13.9. The van der Waals surface area contributed by atoms with Crippen molar-refractivity contribution in [3.8, 4) is 11.1 Å². The van der Waals surface area contributed by atoms with E-state index in [0.29, 0.717) is 32.4 Å². The number of rotatable bonds is 18. The van der Waals surface area contributed by atoms with Gasteiger partial charge >= 0.3 is 0 Å². The van der Waals surface area contributed by atoms with E-state index in [2.05, 4.69) is 28.4 Å². The van der Waals surface area contributed by atoms with E-state index >= 15 is 0 Å². The molecule has 0 unspecified atom stereocenters. The largest absolute Gasteiger partial charge is 0.392 e. The third-order valence-corrected chi connectivity index (χ3v) is 9.99. The summed E-state index contributed by atoms with van der Waals surface area (Å²) in [6, 6.07) is 33.7. The van der Waals surface area contributed by atoms with Gasteiger partial charge in [0, 0.05) is 44.0 Å². The SMILES string of the molecule is C[C@@H]([C@H](O)c1ccccc1)N(C)C[C@H]1C[C@@H](c2ccc(CO)cc2)O[C@@H](c2cccc(-c3cccc(CNC(=O)CCCCCCC(=O)NO)c3)c2)O1. The number of hydrogen-bond acceptors (Lipinski definition) is 8. The first-order valence-corrected chi connectivity index (χ1v) is 18.6. The molecule has 0 aromatic heterocycles. The van der Waals surface area contributed by atoms with Crippen molar-refractivity contribution in [3.63, 3.8) is 0 Å². The summed E-state index contributed by atoms with van der Waals surface area (Å²) in [4.78, 5) is 25.8. The molecule has 2 amide bonds. The predicted octanol–water partition coefficient (Wildman–Crippen LogP) is 6.91.